The second-order valence-electron chi connectivity index (χ2n) is 4.77. The molecule has 1 saturated heterocycles. The van der Waals surface area contributed by atoms with E-state index in [4.69, 9.17) is 10.5 Å². The lowest BCUT2D eigenvalue weighted by atomic mass is 9.81. The maximum Gasteiger partial charge on any atom is 0.140 e. The third kappa shape index (κ3) is 3.07. The predicted octanol–water partition coefficient (Wildman–Crippen LogP) is 1.36. The second kappa shape index (κ2) is 4.89. The van der Waals surface area contributed by atoms with Gasteiger partial charge in [0.1, 0.15) is 5.78 Å². The van der Waals surface area contributed by atoms with Crippen LogP contribution in [0.15, 0.2) is 0 Å². The molecule has 0 bridgehead atoms. The lowest BCUT2D eigenvalue weighted by Crippen LogP contribution is -2.34. The fourth-order valence-corrected chi connectivity index (χ4v) is 1.60. The first-order valence-electron chi connectivity index (χ1n) is 5.37. The normalized spacial score (nSPS) is 19.6. The highest BCUT2D eigenvalue weighted by molar-refractivity contribution is 5.84. The molecule has 0 saturated carbocycles. The molecule has 0 aromatic carbocycles. The average molecular weight is 199 g/mol. The molecule has 0 atom stereocenters. The zero-order valence-corrected chi connectivity index (χ0v) is 9.21. The maximum absolute atomic E-state index is 11.8. The Labute approximate surface area is 86.0 Å². The number of ketones is 1. The van der Waals surface area contributed by atoms with Gasteiger partial charge in [-0.3, -0.25) is 4.79 Å². The number of rotatable bonds is 4. The molecule has 2 N–H and O–H groups in total. The van der Waals surface area contributed by atoms with Crippen molar-refractivity contribution in [2.24, 2.45) is 17.1 Å². The van der Waals surface area contributed by atoms with Crippen molar-refractivity contribution in [3.8, 4) is 0 Å². The van der Waals surface area contributed by atoms with Gasteiger partial charge in [-0.2, -0.15) is 0 Å². The van der Waals surface area contributed by atoms with Gasteiger partial charge in [-0.05, 0) is 18.8 Å². The van der Waals surface area contributed by atoms with Gasteiger partial charge in [0.2, 0.25) is 0 Å². The van der Waals surface area contributed by atoms with Crippen LogP contribution in [0.1, 0.15) is 33.1 Å². The van der Waals surface area contributed by atoms with Gasteiger partial charge in [-0.25, -0.2) is 0 Å². The summed E-state index contributed by atoms with van der Waals surface area (Å²) in [5, 5.41) is 0. The SMILES string of the molecule is CC(C)(CN)C(=O)CC1CCOCC1. The highest BCUT2D eigenvalue weighted by Gasteiger charge is 2.28. The number of carbonyl (C=O) groups is 1. The van der Waals surface area contributed by atoms with Crippen LogP contribution in [0.3, 0.4) is 0 Å². The molecule has 3 heteroatoms. The van der Waals surface area contributed by atoms with E-state index in [0.717, 1.165) is 26.1 Å². The summed E-state index contributed by atoms with van der Waals surface area (Å²) in [6.07, 6.45) is 2.71. The third-order valence-corrected chi connectivity index (χ3v) is 3.08. The molecular weight excluding hydrogens is 178 g/mol. The van der Waals surface area contributed by atoms with Gasteiger partial charge in [0.25, 0.3) is 0 Å². The Morgan fingerprint density at radius 1 is 1.43 bits per heavy atom. The Bertz CT molecular complexity index is 195. The fourth-order valence-electron chi connectivity index (χ4n) is 1.60. The topological polar surface area (TPSA) is 52.3 Å². The molecule has 1 aliphatic rings. The molecule has 1 fully saturated rings. The summed E-state index contributed by atoms with van der Waals surface area (Å²) in [5.74, 6) is 0.814. The van der Waals surface area contributed by atoms with Crippen molar-refractivity contribution in [3.63, 3.8) is 0 Å². The first-order chi connectivity index (χ1) is 6.56. The Morgan fingerprint density at radius 3 is 2.50 bits per heavy atom. The molecule has 0 aromatic rings. The predicted molar refractivity (Wildman–Crippen MR) is 56.0 cm³/mol. The first kappa shape index (κ1) is 11.7. The van der Waals surface area contributed by atoms with Gasteiger partial charge in [-0.1, -0.05) is 13.8 Å². The van der Waals surface area contributed by atoms with E-state index in [-0.39, 0.29) is 5.41 Å². The molecule has 1 aliphatic heterocycles. The fraction of sp³-hybridized carbons (Fsp3) is 0.909. The maximum atomic E-state index is 11.8. The summed E-state index contributed by atoms with van der Waals surface area (Å²) < 4.78 is 5.26. The van der Waals surface area contributed by atoms with Crippen molar-refractivity contribution < 1.29 is 9.53 Å². The summed E-state index contributed by atoms with van der Waals surface area (Å²) >= 11 is 0. The van der Waals surface area contributed by atoms with Gasteiger partial charge in [0.05, 0.1) is 0 Å². The lowest BCUT2D eigenvalue weighted by Gasteiger charge is -2.26. The zero-order valence-electron chi connectivity index (χ0n) is 9.21. The standard InChI is InChI=1S/C11H21NO2/c1-11(2,8-12)10(13)7-9-3-5-14-6-4-9/h9H,3-8,12H2,1-2H3. The Morgan fingerprint density at radius 2 is 2.00 bits per heavy atom. The third-order valence-electron chi connectivity index (χ3n) is 3.08. The van der Waals surface area contributed by atoms with Crippen molar-refractivity contribution in [1.29, 1.82) is 0 Å². The van der Waals surface area contributed by atoms with Crippen LogP contribution in [-0.2, 0) is 9.53 Å². The van der Waals surface area contributed by atoms with Crippen LogP contribution in [0.5, 0.6) is 0 Å². The second-order valence-corrected chi connectivity index (χ2v) is 4.77. The highest BCUT2D eigenvalue weighted by Crippen LogP contribution is 2.24. The van der Waals surface area contributed by atoms with Gasteiger partial charge in [-0.15, -0.1) is 0 Å². The molecule has 0 spiro atoms. The van der Waals surface area contributed by atoms with E-state index in [1.54, 1.807) is 0 Å². The summed E-state index contributed by atoms with van der Waals surface area (Å²) in [7, 11) is 0. The zero-order chi connectivity index (χ0) is 10.6. The van der Waals surface area contributed by atoms with E-state index in [2.05, 4.69) is 0 Å². The van der Waals surface area contributed by atoms with Crippen LogP contribution in [-0.4, -0.2) is 25.5 Å². The molecular formula is C11H21NO2. The molecule has 1 heterocycles. The van der Waals surface area contributed by atoms with Gasteiger partial charge < -0.3 is 10.5 Å². The molecule has 0 aromatic heterocycles. The molecule has 3 nitrogen and oxygen atoms in total. The largest absolute Gasteiger partial charge is 0.381 e. The number of Topliss-reactive ketones (excluding diaryl/α,β-unsaturated/α-hetero) is 1. The van der Waals surface area contributed by atoms with Gasteiger partial charge in [0.15, 0.2) is 0 Å². The van der Waals surface area contributed by atoms with Crippen molar-refractivity contribution in [2.45, 2.75) is 33.1 Å². The van der Waals surface area contributed by atoms with E-state index in [1.807, 2.05) is 13.8 Å². The Kier molecular flexibility index (Phi) is 4.08. The number of hydrogen-bond donors (Lipinski definition) is 1. The highest BCUT2D eigenvalue weighted by atomic mass is 16.5. The number of carbonyl (C=O) groups excluding carboxylic acids is 1. The Balaban J connectivity index is 2.39. The summed E-state index contributed by atoms with van der Waals surface area (Å²) in [4.78, 5) is 11.8. The van der Waals surface area contributed by atoms with Crippen molar-refractivity contribution in [2.75, 3.05) is 19.8 Å². The van der Waals surface area contributed by atoms with E-state index < -0.39 is 0 Å². The number of ether oxygens (including phenoxy) is 1. The Hall–Kier alpha value is -0.410. The molecule has 1 rings (SSSR count). The van der Waals surface area contributed by atoms with Crippen LogP contribution in [0.2, 0.25) is 0 Å². The van der Waals surface area contributed by atoms with Crippen molar-refractivity contribution in [3.05, 3.63) is 0 Å². The lowest BCUT2D eigenvalue weighted by molar-refractivity contribution is -0.128. The van der Waals surface area contributed by atoms with E-state index >= 15 is 0 Å². The van der Waals surface area contributed by atoms with Crippen molar-refractivity contribution >= 4 is 5.78 Å². The van der Waals surface area contributed by atoms with Crippen LogP contribution >= 0.6 is 0 Å². The smallest absolute Gasteiger partial charge is 0.140 e. The van der Waals surface area contributed by atoms with E-state index in [1.165, 1.54) is 0 Å². The van der Waals surface area contributed by atoms with Crippen LogP contribution < -0.4 is 5.73 Å². The quantitative estimate of drug-likeness (QED) is 0.743. The number of hydrogen-bond acceptors (Lipinski definition) is 3. The van der Waals surface area contributed by atoms with Crippen LogP contribution in [0.25, 0.3) is 0 Å². The summed E-state index contributed by atoms with van der Waals surface area (Å²) in [5.41, 5.74) is 5.22. The minimum atomic E-state index is -0.349. The van der Waals surface area contributed by atoms with E-state index in [0.29, 0.717) is 24.7 Å². The van der Waals surface area contributed by atoms with Crippen LogP contribution in [0, 0.1) is 11.3 Å². The molecule has 82 valence electrons. The summed E-state index contributed by atoms with van der Waals surface area (Å²) in [6.45, 7) is 5.90. The summed E-state index contributed by atoms with van der Waals surface area (Å²) in [6, 6.07) is 0. The van der Waals surface area contributed by atoms with Crippen LogP contribution in [0.4, 0.5) is 0 Å². The molecule has 0 aliphatic carbocycles. The minimum Gasteiger partial charge on any atom is -0.381 e. The van der Waals surface area contributed by atoms with Gasteiger partial charge >= 0.3 is 0 Å². The first-order valence-corrected chi connectivity index (χ1v) is 5.37. The number of nitrogens with two attached hydrogens (primary N) is 1. The minimum absolute atomic E-state index is 0.298. The average Bonchev–Trinajstić information content (AvgIpc) is 2.19. The molecule has 0 unspecified atom stereocenters. The van der Waals surface area contributed by atoms with Gasteiger partial charge in [0, 0.05) is 31.6 Å². The molecule has 0 amide bonds. The molecule has 0 radical (unpaired) electrons. The van der Waals surface area contributed by atoms with Crippen molar-refractivity contribution in [1.82, 2.24) is 0 Å². The van der Waals surface area contributed by atoms with E-state index in [9.17, 15) is 4.79 Å². The monoisotopic (exact) mass is 199 g/mol. The molecule has 14 heavy (non-hydrogen) atoms.